The number of hydrogen-bond donors (Lipinski definition) is 1. The number of nitrogen functional groups attached to an aromatic ring is 1. The van der Waals surface area contributed by atoms with Crippen molar-refractivity contribution in [3.8, 4) is 0 Å². The standard InChI is InChI=1S/C12H16ClN4S.ClH/c1-8-11(3-4-13)18-7-17(8)6-10-5-15-9(2)16-12(10)14;/h5,7H,3-4,6H2,1-2H3,(H2,14,15,16);1H/q+1;/p-1. The van der Waals surface area contributed by atoms with E-state index in [2.05, 4.69) is 27.0 Å². The Kier molecular flexibility index (Phi) is 5.97. The van der Waals surface area contributed by atoms with Crippen LogP contribution in [0.3, 0.4) is 0 Å². The number of alkyl halides is 1. The first-order valence-corrected chi connectivity index (χ1v) is 7.13. The molecule has 0 spiro atoms. The second-order valence-electron chi connectivity index (χ2n) is 4.13. The topological polar surface area (TPSA) is 55.7 Å². The molecule has 2 aromatic rings. The van der Waals surface area contributed by atoms with Crippen LogP contribution in [0.5, 0.6) is 0 Å². The van der Waals surface area contributed by atoms with E-state index in [9.17, 15) is 0 Å². The molecule has 0 aliphatic carbocycles. The summed E-state index contributed by atoms with van der Waals surface area (Å²) >= 11 is 7.50. The molecule has 0 saturated heterocycles. The van der Waals surface area contributed by atoms with Crippen LogP contribution in [0.4, 0.5) is 5.82 Å². The Hall–Kier alpha value is -0.910. The second kappa shape index (κ2) is 7.03. The van der Waals surface area contributed by atoms with Gasteiger partial charge < -0.3 is 18.1 Å². The molecule has 0 unspecified atom stereocenters. The fourth-order valence-corrected chi connectivity index (χ4v) is 3.05. The molecule has 104 valence electrons. The van der Waals surface area contributed by atoms with Crippen molar-refractivity contribution in [3.05, 3.63) is 33.7 Å². The van der Waals surface area contributed by atoms with Crippen LogP contribution >= 0.6 is 22.9 Å². The first-order valence-electron chi connectivity index (χ1n) is 5.72. The Morgan fingerprint density at radius 3 is 2.79 bits per heavy atom. The zero-order valence-corrected chi connectivity index (χ0v) is 13.2. The van der Waals surface area contributed by atoms with Gasteiger partial charge in [0.15, 0.2) is 12.2 Å². The maximum Gasteiger partial charge on any atom is 0.225 e. The van der Waals surface area contributed by atoms with E-state index in [0.29, 0.717) is 24.1 Å². The van der Waals surface area contributed by atoms with Gasteiger partial charge in [0.25, 0.3) is 0 Å². The van der Waals surface area contributed by atoms with Crippen LogP contribution in [0, 0.1) is 13.8 Å². The van der Waals surface area contributed by atoms with Gasteiger partial charge in [-0.3, -0.25) is 0 Å². The number of halogens is 2. The van der Waals surface area contributed by atoms with Gasteiger partial charge in [0, 0.05) is 25.4 Å². The fourth-order valence-electron chi connectivity index (χ4n) is 1.75. The van der Waals surface area contributed by atoms with Gasteiger partial charge in [0.2, 0.25) is 5.51 Å². The average molecular weight is 319 g/mol. The Balaban J connectivity index is 0.00000180. The fraction of sp³-hybridized carbons (Fsp3) is 0.417. The van der Waals surface area contributed by atoms with Crippen LogP contribution in [-0.2, 0) is 13.0 Å². The highest BCUT2D eigenvalue weighted by Gasteiger charge is 2.16. The molecule has 0 radical (unpaired) electrons. The van der Waals surface area contributed by atoms with Gasteiger partial charge in [-0.2, -0.15) is 4.57 Å². The summed E-state index contributed by atoms with van der Waals surface area (Å²) in [6.45, 7) is 4.64. The minimum atomic E-state index is 0. The zero-order chi connectivity index (χ0) is 13.1. The summed E-state index contributed by atoms with van der Waals surface area (Å²) in [6.07, 6.45) is 2.70. The van der Waals surface area contributed by atoms with Gasteiger partial charge in [-0.1, -0.05) is 11.3 Å². The van der Waals surface area contributed by atoms with Gasteiger partial charge in [0.1, 0.15) is 11.6 Å². The van der Waals surface area contributed by atoms with Crippen LogP contribution in [-0.4, -0.2) is 15.8 Å². The van der Waals surface area contributed by atoms with E-state index < -0.39 is 0 Å². The van der Waals surface area contributed by atoms with E-state index in [-0.39, 0.29) is 12.4 Å². The number of aromatic nitrogens is 3. The van der Waals surface area contributed by atoms with Crippen molar-refractivity contribution in [1.29, 1.82) is 0 Å². The van der Waals surface area contributed by atoms with Crippen LogP contribution < -0.4 is 22.7 Å². The molecule has 7 heteroatoms. The molecule has 0 fully saturated rings. The molecule has 0 aromatic carbocycles. The van der Waals surface area contributed by atoms with Crippen molar-refractivity contribution < 1.29 is 17.0 Å². The number of nitrogens with two attached hydrogens (primary N) is 1. The number of rotatable bonds is 4. The van der Waals surface area contributed by atoms with Crippen LogP contribution in [0.1, 0.15) is 22.0 Å². The number of nitrogens with zero attached hydrogens (tertiary/aromatic N) is 3. The Bertz CT molecular complexity index is 557. The van der Waals surface area contributed by atoms with E-state index >= 15 is 0 Å². The molecule has 0 bridgehead atoms. The van der Waals surface area contributed by atoms with Crippen molar-refractivity contribution in [3.63, 3.8) is 0 Å². The maximum atomic E-state index is 5.90. The van der Waals surface area contributed by atoms with Gasteiger partial charge in [-0.15, -0.1) is 11.6 Å². The van der Waals surface area contributed by atoms with E-state index in [4.69, 9.17) is 17.3 Å². The van der Waals surface area contributed by atoms with E-state index in [1.165, 1.54) is 10.6 Å². The molecule has 0 amide bonds. The van der Waals surface area contributed by atoms with Crippen LogP contribution in [0.25, 0.3) is 0 Å². The summed E-state index contributed by atoms with van der Waals surface area (Å²) in [7, 11) is 0. The molecule has 0 atom stereocenters. The van der Waals surface area contributed by atoms with E-state index in [1.807, 2.05) is 6.92 Å². The monoisotopic (exact) mass is 318 g/mol. The van der Waals surface area contributed by atoms with Crippen LogP contribution in [0.2, 0.25) is 0 Å². The molecule has 0 aliphatic heterocycles. The summed E-state index contributed by atoms with van der Waals surface area (Å²) in [5.41, 5.74) is 10.2. The lowest BCUT2D eigenvalue weighted by Crippen LogP contribution is -3.00. The minimum absolute atomic E-state index is 0. The SMILES string of the molecule is Cc1ncc(C[n+]2csc(CCCl)c2C)c(N)n1.[Cl-]. The minimum Gasteiger partial charge on any atom is -1.00 e. The lowest BCUT2D eigenvalue weighted by atomic mass is 10.2. The van der Waals surface area contributed by atoms with E-state index in [1.54, 1.807) is 17.5 Å². The molecular formula is C12H16Cl2N4S. The molecule has 0 saturated carbocycles. The predicted molar refractivity (Wildman–Crippen MR) is 74.0 cm³/mol. The highest BCUT2D eigenvalue weighted by Crippen LogP contribution is 2.14. The molecular weight excluding hydrogens is 303 g/mol. The van der Waals surface area contributed by atoms with Crippen molar-refractivity contribution >= 4 is 28.8 Å². The number of hydrogen-bond acceptors (Lipinski definition) is 4. The molecule has 19 heavy (non-hydrogen) atoms. The van der Waals surface area contributed by atoms with Gasteiger partial charge in [-0.25, -0.2) is 9.97 Å². The quantitative estimate of drug-likeness (QED) is 0.572. The molecule has 2 rings (SSSR count). The van der Waals surface area contributed by atoms with Gasteiger partial charge >= 0.3 is 0 Å². The number of anilines is 1. The zero-order valence-electron chi connectivity index (χ0n) is 10.9. The Morgan fingerprint density at radius 1 is 1.42 bits per heavy atom. The maximum absolute atomic E-state index is 5.90. The summed E-state index contributed by atoms with van der Waals surface area (Å²) in [5, 5.41) is 0. The van der Waals surface area contributed by atoms with E-state index in [0.717, 1.165) is 12.0 Å². The third-order valence-electron chi connectivity index (χ3n) is 2.84. The van der Waals surface area contributed by atoms with Crippen molar-refractivity contribution in [2.45, 2.75) is 26.8 Å². The lowest BCUT2D eigenvalue weighted by Gasteiger charge is -2.01. The summed E-state index contributed by atoms with van der Waals surface area (Å²) in [6, 6.07) is 0. The predicted octanol–water partition coefficient (Wildman–Crippen LogP) is -1.14. The Labute approximate surface area is 128 Å². The molecule has 2 aromatic heterocycles. The second-order valence-corrected chi connectivity index (χ2v) is 5.44. The molecule has 2 N–H and O–H groups in total. The normalized spacial score (nSPS) is 10.3. The third-order valence-corrected chi connectivity index (χ3v) is 4.17. The largest absolute Gasteiger partial charge is 1.00 e. The van der Waals surface area contributed by atoms with Crippen molar-refractivity contribution in [1.82, 2.24) is 9.97 Å². The van der Waals surface area contributed by atoms with Crippen LogP contribution in [0.15, 0.2) is 11.7 Å². The first kappa shape index (κ1) is 16.1. The van der Waals surface area contributed by atoms with Crippen molar-refractivity contribution in [2.24, 2.45) is 0 Å². The third kappa shape index (κ3) is 3.78. The first-order chi connectivity index (χ1) is 8.61. The Morgan fingerprint density at radius 2 is 2.16 bits per heavy atom. The number of aryl methyl sites for hydroxylation is 2. The lowest BCUT2D eigenvalue weighted by molar-refractivity contribution is -0.689. The average Bonchev–Trinajstić information content (AvgIpc) is 2.66. The van der Waals surface area contributed by atoms with Crippen molar-refractivity contribution in [2.75, 3.05) is 11.6 Å². The summed E-state index contributed by atoms with van der Waals surface area (Å²) < 4.78 is 2.16. The summed E-state index contributed by atoms with van der Waals surface area (Å²) in [4.78, 5) is 9.68. The summed E-state index contributed by atoms with van der Waals surface area (Å²) in [5.74, 6) is 1.91. The smallest absolute Gasteiger partial charge is 0.225 e. The van der Waals surface area contributed by atoms with Gasteiger partial charge in [0.05, 0.1) is 10.4 Å². The molecule has 0 aliphatic rings. The highest BCUT2D eigenvalue weighted by atomic mass is 35.5. The highest BCUT2D eigenvalue weighted by molar-refractivity contribution is 7.09. The number of thiazole rings is 1. The molecule has 4 nitrogen and oxygen atoms in total. The van der Waals surface area contributed by atoms with Gasteiger partial charge in [-0.05, 0) is 6.92 Å². The molecule has 2 heterocycles.